The van der Waals surface area contributed by atoms with Gasteiger partial charge in [-0.05, 0) is 43.4 Å². The zero-order valence-electron chi connectivity index (χ0n) is 16.5. The second-order valence-electron chi connectivity index (χ2n) is 9.80. The maximum atomic E-state index is 11.8. The van der Waals surface area contributed by atoms with E-state index >= 15 is 0 Å². The number of hydrogen-bond acceptors (Lipinski definition) is 5. The van der Waals surface area contributed by atoms with Crippen molar-refractivity contribution in [3.05, 3.63) is 0 Å². The van der Waals surface area contributed by atoms with Gasteiger partial charge in [0.25, 0.3) is 0 Å². The lowest BCUT2D eigenvalue weighted by molar-refractivity contribution is -0.301. The van der Waals surface area contributed by atoms with Gasteiger partial charge in [0, 0.05) is 23.7 Å². The zero-order chi connectivity index (χ0) is 18.9. The predicted octanol–water partition coefficient (Wildman–Crippen LogP) is 3.19. The molecular weight excluding hydrogens is 348 g/mol. The summed E-state index contributed by atoms with van der Waals surface area (Å²) >= 11 is 0. The first kappa shape index (κ1) is 18.3. The third kappa shape index (κ3) is 2.24. The summed E-state index contributed by atoms with van der Waals surface area (Å²) < 4.78 is 24.7. The Bertz CT molecular complexity index is 622. The van der Waals surface area contributed by atoms with Crippen LogP contribution in [0.3, 0.4) is 0 Å². The van der Waals surface area contributed by atoms with Crippen molar-refractivity contribution in [2.75, 3.05) is 26.4 Å². The first-order valence-corrected chi connectivity index (χ1v) is 10.6. The zero-order valence-corrected chi connectivity index (χ0v) is 16.5. The van der Waals surface area contributed by atoms with Gasteiger partial charge in [0.15, 0.2) is 11.6 Å². The first-order chi connectivity index (χ1) is 12.9. The molecule has 3 aliphatic carbocycles. The number of ether oxygens (including phenoxy) is 4. The Morgan fingerprint density at radius 3 is 2.04 bits per heavy atom. The Morgan fingerprint density at radius 2 is 1.41 bits per heavy atom. The molecule has 5 fully saturated rings. The molecule has 0 aromatic heterocycles. The lowest BCUT2D eigenvalue weighted by atomic mass is 9.47. The minimum atomic E-state index is -0.754. The lowest BCUT2D eigenvalue weighted by Crippen LogP contribution is -2.62. The number of aliphatic carboxylic acids is 1. The fraction of sp³-hybridized carbons (Fsp3) is 0.952. The number of carbonyl (C=O) groups is 1. The topological polar surface area (TPSA) is 74.2 Å². The SMILES string of the molecule is C[C@]12CC[C@H]3[C@@H](CCC4(OCCO4)[C@]3(C)CC(=O)O)[C@@H]1CCC21OCCO1. The van der Waals surface area contributed by atoms with E-state index in [1.807, 2.05) is 0 Å². The smallest absolute Gasteiger partial charge is 0.304 e. The Kier molecular flexibility index (Phi) is 4.02. The van der Waals surface area contributed by atoms with Crippen molar-refractivity contribution in [2.45, 2.75) is 70.4 Å². The molecule has 5 rings (SSSR count). The minimum Gasteiger partial charge on any atom is -0.481 e. The van der Waals surface area contributed by atoms with E-state index in [0.717, 1.165) is 38.5 Å². The molecule has 6 nitrogen and oxygen atoms in total. The van der Waals surface area contributed by atoms with Crippen LogP contribution >= 0.6 is 0 Å². The van der Waals surface area contributed by atoms with Crippen molar-refractivity contribution in [3.63, 3.8) is 0 Å². The maximum absolute atomic E-state index is 11.8. The second-order valence-corrected chi connectivity index (χ2v) is 9.80. The van der Waals surface area contributed by atoms with Crippen LogP contribution in [0.25, 0.3) is 0 Å². The Labute approximate surface area is 160 Å². The van der Waals surface area contributed by atoms with Crippen LogP contribution in [0.1, 0.15) is 58.8 Å². The van der Waals surface area contributed by atoms with Gasteiger partial charge < -0.3 is 24.1 Å². The van der Waals surface area contributed by atoms with Crippen molar-refractivity contribution in [2.24, 2.45) is 28.6 Å². The van der Waals surface area contributed by atoms with Gasteiger partial charge in [0.05, 0.1) is 32.8 Å². The highest BCUT2D eigenvalue weighted by Crippen LogP contribution is 2.69. The Balaban J connectivity index is 1.50. The van der Waals surface area contributed by atoms with Crippen LogP contribution in [-0.2, 0) is 23.7 Å². The van der Waals surface area contributed by atoms with E-state index in [-0.39, 0.29) is 11.8 Å². The van der Waals surface area contributed by atoms with Crippen LogP contribution in [0, 0.1) is 28.6 Å². The second kappa shape index (κ2) is 5.91. The monoisotopic (exact) mass is 380 g/mol. The highest BCUT2D eigenvalue weighted by molar-refractivity contribution is 5.68. The quantitative estimate of drug-likeness (QED) is 0.793. The number of fused-ring (bicyclic) bond motifs is 4. The van der Waals surface area contributed by atoms with Gasteiger partial charge in [0.2, 0.25) is 0 Å². The molecule has 0 unspecified atom stereocenters. The van der Waals surface area contributed by atoms with Crippen LogP contribution < -0.4 is 0 Å². The summed E-state index contributed by atoms with van der Waals surface area (Å²) in [5.74, 6) is -0.594. The molecule has 5 aliphatic rings. The van der Waals surface area contributed by atoms with Crippen LogP contribution in [0.5, 0.6) is 0 Å². The highest BCUT2D eigenvalue weighted by atomic mass is 16.7. The molecule has 5 atom stereocenters. The predicted molar refractivity (Wildman–Crippen MR) is 95.9 cm³/mol. The van der Waals surface area contributed by atoms with Gasteiger partial charge >= 0.3 is 5.97 Å². The van der Waals surface area contributed by atoms with Crippen LogP contribution in [0.15, 0.2) is 0 Å². The minimum absolute atomic E-state index is 0.0245. The van der Waals surface area contributed by atoms with Gasteiger partial charge in [-0.15, -0.1) is 0 Å². The summed E-state index contributed by atoms with van der Waals surface area (Å²) in [5, 5.41) is 9.72. The number of carboxylic acid groups (broad SMARTS) is 1. The molecule has 152 valence electrons. The standard InChI is InChI=1S/C21H32O6/c1-18-6-4-16-14(15(18)5-8-20(18)24-9-10-25-20)3-7-21(26-11-12-27-21)19(16,2)13-17(22)23/h14-16H,3-13H2,1-2H3,(H,22,23)/t14-,15-,16-,18-,19+/m0/s1. The van der Waals surface area contributed by atoms with Crippen LogP contribution in [-0.4, -0.2) is 49.1 Å². The maximum Gasteiger partial charge on any atom is 0.304 e. The van der Waals surface area contributed by atoms with Crippen molar-refractivity contribution in [1.82, 2.24) is 0 Å². The molecule has 6 heteroatoms. The third-order valence-corrected chi connectivity index (χ3v) is 9.00. The van der Waals surface area contributed by atoms with Crippen LogP contribution in [0.2, 0.25) is 0 Å². The van der Waals surface area contributed by atoms with Gasteiger partial charge in [-0.2, -0.15) is 0 Å². The Morgan fingerprint density at radius 1 is 0.852 bits per heavy atom. The van der Waals surface area contributed by atoms with Gasteiger partial charge in [0.1, 0.15) is 0 Å². The van der Waals surface area contributed by atoms with Crippen molar-refractivity contribution in [1.29, 1.82) is 0 Å². The van der Waals surface area contributed by atoms with Crippen molar-refractivity contribution < 1.29 is 28.8 Å². The fourth-order valence-electron chi connectivity index (χ4n) is 7.80. The van der Waals surface area contributed by atoms with Gasteiger partial charge in [-0.25, -0.2) is 0 Å². The average Bonchev–Trinajstić information content (AvgIpc) is 3.33. The summed E-state index contributed by atoms with van der Waals surface area (Å²) in [6, 6.07) is 0. The molecule has 2 spiro atoms. The highest BCUT2D eigenvalue weighted by Gasteiger charge is 2.70. The number of rotatable bonds is 2. The molecule has 0 bridgehead atoms. The lowest BCUT2D eigenvalue weighted by Gasteiger charge is -2.61. The molecule has 0 aromatic rings. The molecule has 2 heterocycles. The fourth-order valence-corrected chi connectivity index (χ4v) is 7.80. The Hall–Kier alpha value is -0.690. The molecular formula is C21H32O6. The van der Waals surface area contributed by atoms with E-state index in [2.05, 4.69) is 13.8 Å². The molecule has 1 N–H and O–H groups in total. The number of hydrogen-bond donors (Lipinski definition) is 1. The molecule has 2 aliphatic heterocycles. The third-order valence-electron chi connectivity index (χ3n) is 9.00. The average molecular weight is 380 g/mol. The largest absolute Gasteiger partial charge is 0.481 e. The van der Waals surface area contributed by atoms with Crippen LogP contribution in [0.4, 0.5) is 0 Å². The summed E-state index contributed by atoms with van der Waals surface area (Å²) in [7, 11) is 0. The van der Waals surface area contributed by atoms with Crippen molar-refractivity contribution >= 4 is 5.97 Å². The number of carboxylic acids is 1. The molecule has 27 heavy (non-hydrogen) atoms. The summed E-state index contributed by atoms with van der Waals surface area (Å²) in [6.07, 6.45) is 6.01. The van der Waals surface area contributed by atoms with Gasteiger partial charge in [-0.3, -0.25) is 4.79 Å². The summed E-state index contributed by atoms with van der Waals surface area (Å²) in [4.78, 5) is 11.8. The van der Waals surface area contributed by atoms with E-state index in [9.17, 15) is 9.90 Å². The molecule has 0 amide bonds. The van der Waals surface area contributed by atoms with Crippen molar-refractivity contribution in [3.8, 4) is 0 Å². The summed E-state index contributed by atoms with van der Waals surface area (Å²) in [6.45, 7) is 6.99. The van der Waals surface area contributed by atoms with E-state index in [1.54, 1.807) is 0 Å². The first-order valence-electron chi connectivity index (χ1n) is 10.6. The van der Waals surface area contributed by atoms with E-state index in [0.29, 0.717) is 44.2 Å². The summed E-state index contributed by atoms with van der Waals surface area (Å²) in [5.41, 5.74) is -0.469. The molecule has 0 radical (unpaired) electrons. The normalized spacial score (nSPS) is 47.3. The molecule has 3 saturated carbocycles. The van der Waals surface area contributed by atoms with E-state index < -0.39 is 23.0 Å². The van der Waals surface area contributed by atoms with Gasteiger partial charge in [-0.1, -0.05) is 13.8 Å². The van der Waals surface area contributed by atoms with E-state index in [1.165, 1.54) is 0 Å². The molecule has 0 aromatic carbocycles. The molecule has 2 saturated heterocycles. The van der Waals surface area contributed by atoms with E-state index in [4.69, 9.17) is 18.9 Å².